The van der Waals surface area contributed by atoms with Crippen LogP contribution in [0.3, 0.4) is 0 Å². The summed E-state index contributed by atoms with van der Waals surface area (Å²) in [5.41, 5.74) is 0.988. The van der Waals surface area contributed by atoms with Gasteiger partial charge in [0.05, 0.1) is 5.56 Å². The van der Waals surface area contributed by atoms with Crippen molar-refractivity contribution < 1.29 is 22.3 Å². The van der Waals surface area contributed by atoms with Crippen LogP contribution in [0.15, 0.2) is 36.4 Å². The summed E-state index contributed by atoms with van der Waals surface area (Å²) in [5.74, 6) is 3.43. The van der Waals surface area contributed by atoms with Crippen LogP contribution in [0.2, 0.25) is 0 Å². The number of nitrogens with zero attached hydrogens (tertiary/aromatic N) is 1. The van der Waals surface area contributed by atoms with Crippen molar-refractivity contribution in [1.29, 1.82) is 0 Å². The lowest BCUT2D eigenvalue weighted by atomic mass is 10.2. The summed E-state index contributed by atoms with van der Waals surface area (Å²) in [5, 5.41) is 0. The molecule has 0 unspecified atom stereocenters. The summed E-state index contributed by atoms with van der Waals surface area (Å²) in [6.45, 7) is 0. The number of hydrazine groups is 1. The van der Waals surface area contributed by atoms with E-state index >= 15 is 0 Å². The van der Waals surface area contributed by atoms with Crippen LogP contribution in [0, 0.1) is 5.82 Å². The maximum absolute atomic E-state index is 13.4. The van der Waals surface area contributed by atoms with Crippen molar-refractivity contribution in [1.82, 2.24) is 4.98 Å². The second kappa shape index (κ2) is 5.33. The summed E-state index contributed by atoms with van der Waals surface area (Å²) in [6.07, 6.45) is -4.60. The summed E-state index contributed by atoms with van der Waals surface area (Å²) < 4.78 is 56.4. The molecule has 0 fully saturated rings. The minimum absolute atomic E-state index is 0.234. The molecule has 0 saturated heterocycles. The first-order valence-corrected chi connectivity index (χ1v) is 5.38. The number of pyridine rings is 1. The lowest BCUT2D eigenvalue weighted by Gasteiger charge is -2.12. The van der Waals surface area contributed by atoms with E-state index in [1.807, 2.05) is 5.43 Å². The molecule has 1 aromatic carbocycles. The Morgan fingerprint density at radius 3 is 2.45 bits per heavy atom. The quantitative estimate of drug-likeness (QED) is 0.516. The lowest BCUT2D eigenvalue weighted by Crippen LogP contribution is -2.12. The summed E-state index contributed by atoms with van der Waals surface area (Å²) >= 11 is 0. The maximum Gasteiger partial charge on any atom is 0.416 e. The average molecular weight is 287 g/mol. The van der Waals surface area contributed by atoms with E-state index in [9.17, 15) is 17.6 Å². The number of halogens is 4. The molecular weight excluding hydrogens is 278 g/mol. The molecule has 0 bridgehead atoms. The van der Waals surface area contributed by atoms with Gasteiger partial charge in [-0.1, -0.05) is 12.1 Å². The van der Waals surface area contributed by atoms with Gasteiger partial charge in [-0.2, -0.15) is 18.2 Å². The zero-order chi connectivity index (χ0) is 14.8. The third-order valence-electron chi connectivity index (χ3n) is 2.33. The SMILES string of the molecule is NNc1cc(C(F)(F)F)cc(Oc2ccccc2F)n1. The van der Waals surface area contributed by atoms with Crippen LogP contribution in [-0.2, 0) is 6.18 Å². The second-order valence-electron chi connectivity index (χ2n) is 3.75. The van der Waals surface area contributed by atoms with Gasteiger partial charge >= 0.3 is 6.18 Å². The molecule has 20 heavy (non-hydrogen) atoms. The van der Waals surface area contributed by atoms with E-state index in [-0.39, 0.29) is 11.6 Å². The number of hydrogen-bond donors (Lipinski definition) is 2. The van der Waals surface area contributed by atoms with Crippen molar-refractivity contribution in [3.8, 4) is 11.6 Å². The number of rotatable bonds is 3. The minimum atomic E-state index is -4.60. The van der Waals surface area contributed by atoms with Crippen molar-refractivity contribution in [2.24, 2.45) is 5.84 Å². The number of nitrogens with two attached hydrogens (primary N) is 1. The van der Waals surface area contributed by atoms with Gasteiger partial charge in [0.25, 0.3) is 0 Å². The predicted molar refractivity (Wildman–Crippen MR) is 63.5 cm³/mol. The summed E-state index contributed by atoms with van der Waals surface area (Å²) in [4.78, 5) is 3.68. The molecule has 8 heteroatoms. The molecule has 0 saturated carbocycles. The Balaban J connectivity index is 2.39. The molecule has 4 nitrogen and oxygen atoms in total. The van der Waals surface area contributed by atoms with Gasteiger partial charge in [0, 0.05) is 6.07 Å². The van der Waals surface area contributed by atoms with Crippen molar-refractivity contribution in [2.45, 2.75) is 6.18 Å². The molecule has 3 N–H and O–H groups in total. The largest absolute Gasteiger partial charge is 0.436 e. The Morgan fingerprint density at radius 1 is 1.15 bits per heavy atom. The molecule has 0 aliphatic carbocycles. The van der Waals surface area contributed by atoms with Gasteiger partial charge in [0.2, 0.25) is 5.88 Å². The van der Waals surface area contributed by atoms with Crippen LogP contribution in [0.5, 0.6) is 11.6 Å². The average Bonchev–Trinajstić information content (AvgIpc) is 2.40. The molecule has 106 valence electrons. The maximum atomic E-state index is 13.4. The number of ether oxygens (including phenoxy) is 1. The van der Waals surface area contributed by atoms with Crippen LogP contribution < -0.4 is 16.0 Å². The summed E-state index contributed by atoms with van der Waals surface area (Å²) in [7, 11) is 0. The van der Waals surface area contributed by atoms with Gasteiger partial charge in [0.1, 0.15) is 5.82 Å². The smallest absolute Gasteiger partial charge is 0.416 e. The highest BCUT2D eigenvalue weighted by atomic mass is 19.4. The molecule has 0 aliphatic rings. The van der Waals surface area contributed by atoms with E-state index in [4.69, 9.17) is 10.6 Å². The van der Waals surface area contributed by atoms with Crippen molar-refractivity contribution in [3.05, 3.63) is 47.8 Å². The van der Waals surface area contributed by atoms with Crippen molar-refractivity contribution in [2.75, 3.05) is 5.43 Å². The van der Waals surface area contributed by atoms with E-state index < -0.39 is 23.4 Å². The zero-order valence-corrected chi connectivity index (χ0v) is 9.91. The molecule has 2 aromatic rings. The first kappa shape index (κ1) is 14.1. The lowest BCUT2D eigenvalue weighted by molar-refractivity contribution is -0.137. The first-order valence-electron chi connectivity index (χ1n) is 5.38. The predicted octanol–water partition coefficient (Wildman–Crippen LogP) is 3.32. The zero-order valence-electron chi connectivity index (χ0n) is 9.91. The van der Waals surface area contributed by atoms with Crippen molar-refractivity contribution in [3.63, 3.8) is 0 Å². The highest BCUT2D eigenvalue weighted by Gasteiger charge is 2.32. The van der Waals surface area contributed by atoms with Crippen molar-refractivity contribution >= 4 is 5.82 Å². The minimum Gasteiger partial charge on any atom is -0.436 e. The Kier molecular flexibility index (Phi) is 3.75. The van der Waals surface area contributed by atoms with Gasteiger partial charge in [-0.05, 0) is 18.2 Å². The Labute approximate surface area is 111 Å². The van der Waals surface area contributed by atoms with Crippen LogP contribution in [0.1, 0.15) is 5.56 Å². The van der Waals surface area contributed by atoms with Gasteiger partial charge in [0.15, 0.2) is 11.6 Å². The standard InChI is InChI=1S/C12H9F4N3O/c13-8-3-1-2-4-9(8)20-11-6-7(12(14,15)16)5-10(18-11)19-17/h1-6H,17H2,(H,18,19). The van der Waals surface area contributed by atoms with E-state index in [1.165, 1.54) is 18.2 Å². The van der Waals surface area contributed by atoms with E-state index in [1.54, 1.807) is 0 Å². The number of hydrogen-bond acceptors (Lipinski definition) is 4. The third-order valence-corrected chi connectivity index (χ3v) is 2.33. The molecule has 1 heterocycles. The highest BCUT2D eigenvalue weighted by Crippen LogP contribution is 2.33. The van der Waals surface area contributed by atoms with Crippen LogP contribution >= 0.6 is 0 Å². The van der Waals surface area contributed by atoms with E-state index in [0.717, 1.165) is 6.07 Å². The Bertz CT molecular complexity index is 616. The molecule has 1 aromatic heterocycles. The van der Waals surface area contributed by atoms with Gasteiger partial charge in [-0.15, -0.1) is 0 Å². The number of anilines is 1. The molecule has 0 aliphatic heterocycles. The van der Waals surface area contributed by atoms with Crippen LogP contribution in [-0.4, -0.2) is 4.98 Å². The number of alkyl halides is 3. The topological polar surface area (TPSA) is 60.2 Å². The van der Waals surface area contributed by atoms with Gasteiger partial charge < -0.3 is 10.2 Å². The molecule has 0 amide bonds. The second-order valence-corrected chi connectivity index (χ2v) is 3.75. The fourth-order valence-corrected chi connectivity index (χ4v) is 1.44. The normalized spacial score (nSPS) is 11.2. The number of nitrogen functional groups attached to an aromatic ring is 1. The molecule has 0 radical (unpaired) electrons. The number of benzene rings is 1. The highest BCUT2D eigenvalue weighted by molar-refractivity contribution is 5.42. The van der Waals surface area contributed by atoms with E-state index in [2.05, 4.69) is 4.98 Å². The summed E-state index contributed by atoms with van der Waals surface area (Å²) in [6, 6.07) is 6.67. The fourth-order valence-electron chi connectivity index (χ4n) is 1.44. The third kappa shape index (κ3) is 3.15. The van der Waals surface area contributed by atoms with Gasteiger partial charge in [-0.3, -0.25) is 0 Å². The molecule has 0 atom stereocenters. The first-order chi connectivity index (χ1) is 9.40. The van der Waals surface area contributed by atoms with E-state index in [0.29, 0.717) is 12.1 Å². The molecular formula is C12H9F4N3O. The number of aromatic nitrogens is 1. The monoisotopic (exact) mass is 287 g/mol. The number of nitrogens with one attached hydrogen (secondary N) is 1. The Hall–Kier alpha value is -2.35. The number of para-hydroxylation sites is 1. The molecule has 2 rings (SSSR count). The van der Waals surface area contributed by atoms with Crippen LogP contribution in [0.25, 0.3) is 0 Å². The van der Waals surface area contributed by atoms with Crippen LogP contribution in [0.4, 0.5) is 23.4 Å². The van der Waals surface area contributed by atoms with Gasteiger partial charge in [-0.25, -0.2) is 10.2 Å². The molecule has 0 spiro atoms. The fraction of sp³-hybridized carbons (Fsp3) is 0.0833. The Morgan fingerprint density at radius 2 is 1.85 bits per heavy atom.